The maximum absolute atomic E-state index is 9.64. The molecule has 0 aromatic heterocycles. The highest BCUT2D eigenvalue weighted by atomic mass is 16.3. The molecule has 2 rings (SSSR count). The third-order valence-corrected chi connectivity index (χ3v) is 2.98. The number of aromatic hydroxyl groups is 4. The van der Waals surface area contributed by atoms with E-state index in [2.05, 4.69) is 0 Å². The van der Waals surface area contributed by atoms with Gasteiger partial charge in [0.05, 0.1) is 0 Å². The summed E-state index contributed by atoms with van der Waals surface area (Å²) in [4.78, 5) is 0. The summed E-state index contributed by atoms with van der Waals surface area (Å²) in [6.45, 7) is 0. The maximum Gasteiger partial charge on any atom is 0.122 e. The number of phenols is 4. The van der Waals surface area contributed by atoms with E-state index in [9.17, 15) is 20.4 Å². The molecule has 0 radical (unpaired) electrons. The molecule has 0 amide bonds. The van der Waals surface area contributed by atoms with Gasteiger partial charge >= 0.3 is 0 Å². The van der Waals surface area contributed by atoms with Crippen LogP contribution in [0, 0.1) is 0 Å². The maximum atomic E-state index is 9.64. The minimum Gasteiger partial charge on any atom is -0.508 e. The first-order valence-corrected chi connectivity index (χ1v) is 6.08. The van der Waals surface area contributed by atoms with Crippen LogP contribution >= 0.6 is 0 Å². The smallest absolute Gasteiger partial charge is 0.122 e. The lowest BCUT2D eigenvalue weighted by atomic mass is 10.0. The van der Waals surface area contributed by atoms with Crippen molar-refractivity contribution in [2.45, 2.75) is 19.3 Å². The largest absolute Gasteiger partial charge is 0.508 e. The summed E-state index contributed by atoms with van der Waals surface area (Å²) in [5.41, 5.74) is 1.33. The minimum atomic E-state index is 0.0282. The van der Waals surface area contributed by atoms with E-state index in [0.717, 1.165) is 5.56 Å². The summed E-state index contributed by atoms with van der Waals surface area (Å²) in [5.74, 6) is 0.221. The number of phenolic OH excluding ortho intramolecular Hbond substituents is 4. The van der Waals surface area contributed by atoms with Crippen LogP contribution in [0.3, 0.4) is 0 Å². The number of hydrogen-bond donors (Lipinski definition) is 4. The summed E-state index contributed by atoms with van der Waals surface area (Å²) in [6.07, 6.45) is 1.85. The molecule has 4 N–H and O–H groups in total. The SMILES string of the molecule is Oc1cc(O)cc(CCCc2c(O)cccc2O)c1. The Kier molecular flexibility index (Phi) is 3.80. The Bertz CT molecular complexity index is 538. The minimum absolute atomic E-state index is 0.0282. The van der Waals surface area contributed by atoms with E-state index in [1.165, 1.54) is 18.2 Å². The zero-order valence-electron chi connectivity index (χ0n) is 10.4. The third-order valence-electron chi connectivity index (χ3n) is 2.98. The van der Waals surface area contributed by atoms with Crippen LogP contribution in [0.15, 0.2) is 36.4 Å². The van der Waals surface area contributed by atoms with E-state index in [1.807, 2.05) is 0 Å². The molecule has 0 saturated heterocycles. The van der Waals surface area contributed by atoms with Crippen molar-refractivity contribution in [3.63, 3.8) is 0 Å². The van der Waals surface area contributed by atoms with Crippen LogP contribution in [0.25, 0.3) is 0 Å². The Morgan fingerprint density at radius 1 is 0.737 bits per heavy atom. The van der Waals surface area contributed by atoms with Gasteiger partial charge in [-0.1, -0.05) is 6.07 Å². The van der Waals surface area contributed by atoms with Crippen LogP contribution in [-0.2, 0) is 12.8 Å². The first kappa shape index (κ1) is 13.1. The van der Waals surface area contributed by atoms with E-state index in [1.54, 1.807) is 18.2 Å². The van der Waals surface area contributed by atoms with Crippen LogP contribution in [0.5, 0.6) is 23.0 Å². The van der Waals surface area contributed by atoms with Crippen molar-refractivity contribution >= 4 is 0 Å². The van der Waals surface area contributed by atoms with Crippen LogP contribution in [0.2, 0.25) is 0 Å². The van der Waals surface area contributed by atoms with E-state index < -0.39 is 0 Å². The first-order chi connectivity index (χ1) is 9.06. The molecule has 2 aromatic rings. The van der Waals surface area contributed by atoms with Gasteiger partial charge in [0.1, 0.15) is 23.0 Å². The molecular formula is C15H16O4. The molecule has 0 spiro atoms. The Balaban J connectivity index is 2.00. The van der Waals surface area contributed by atoms with Crippen molar-refractivity contribution in [3.05, 3.63) is 47.5 Å². The summed E-state index contributed by atoms with van der Waals surface area (Å²) in [7, 11) is 0. The van der Waals surface area contributed by atoms with Crippen LogP contribution in [0.4, 0.5) is 0 Å². The van der Waals surface area contributed by atoms with Gasteiger partial charge in [-0.3, -0.25) is 0 Å². The number of benzene rings is 2. The molecule has 0 fully saturated rings. The quantitative estimate of drug-likeness (QED) is 0.681. The van der Waals surface area contributed by atoms with Crippen molar-refractivity contribution in [1.82, 2.24) is 0 Å². The van der Waals surface area contributed by atoms with Gasteiger partial charge in [-0.05, 0) is 49.1 Å². The second-order valence-electron chi connectivity index (χ2n) is 4.49. The highest BCUT2D eigenvalue weighted by molar-refractivity contribution is 5.43. The van der Waals surface area contributed by atoms with Crippen LogP contribution in [0.1, 0.15) is 17.5 Å². The fraction of sp³-hybridized carbons (Fsp3) is 0.200. The van der Waals surface area contributed by atoms with Crippen LogP contribution < -0.4 is 0 Å². The highest BCUT2D eigenvalue weighted by Crippen LogP contribution is 2.28. The van der Waals surface area contributed by atoms with Gasteiger partial charge in [0.2, 0.25) is 0 Å². The molecule has 2 aromatic carbocycles. The van der Waals surface area contributed by atoms with Gasteiger partial charge in [0.15, 0.2) is 0 Å². The molecule has 4 nitrogen and oxygen atoms in total. The fourth-order valence-electron chi connectivity index (χ4n) is 2.09. The summed E-state index contributed by atoms with van der Waals surface area (Å²) < 4.78 is 0. The zero-order chi connectivity index (χ0) is 13.8. The molecular weight excluding hydrogens is 244 g/mol. The van der Waals surface area contributed by atoms with Crippen LogP contribution in [-0.4, -0.2) is 20.4 Å². The Morgan fingerprint density at radius 3 is 1.89 bits per heavy atom. The molecule has 0 unspecified atom stereocenters. The monoisotopic (exact) mass is 260 g/mol. The molecule has 19 heavy (non-hydrogen) atoms. The second-order valence-corrected chi connectivity index (χ2v) is 4.49. The van der Waals surface area contributed by atoms with Gasteiger partial charge in [-0.2, -0.15) is 0 Å². The summed E-state index contributed by atoms with van der Waals surface area (Å²) >= 11 is 0. The average molecular weight is 260 g/mol. The second kappa shape index (κ2) is 5.52. The third kappa shape index (κ3) is 3.31. The van der Waals surface area contributed by atoms with Crippen molar-refractivity contribution in [2.75, 3.05) is 0 Å². The Morgan fingerprint density at radius 2 is 1.32 bits per heavy atom. The lowest BCUT2D eigenvalue weighted by Crippen LogP contribution is -1.91. The number of aryl methyl sites for hydroxylation is 1. The van der Waals surface area contributed by atoms with E-state index in [0.29, 0.717) is 24.8 Å². The van der Waals surface area contributed by atoms with Crippen molar-refractivity contribution in [2.24, 2.45) is 0 Å². The van der Waals surface area contributed by atoms with Crippen molar-refractivity contribution in [3.8, 4) is 23.0 Å². The molecule has 100 valence electrons. The summed E-state index contributed by atoms with van der Waals surface area (Å²) in [5, 5.41) is 38.0. The topological polar surface area (TPSA) is 80.9 Å². The van der Waals surface area contributed by atoms with Gasteiger partial charge in [0.25, 0.3) is 0 Å². The molecule has 4 heteroatoms. The first-order valence-electron chi connectivity index (χ1n) is 6.08. The van der Waals surface area contributed by atoms with Crippen molar-refractivity contribution < 1.29 is 20.4 Å². The van der Waals surface area contributed by atoms with Gasteiger partial charge in [-0.25, -0.2) is 0 Å². The standard InChI is InChI=1S/C15H16O4/c16-11-7-10(8-12(17)9-11)3-1-4-13-14(18)5-2-6-15(13)19/h2,5-9,16-19H,1,3-4H2. The molecule has 0 aliphatic heterocycles. The normalized spacial score (nSPS) is 10.5. The van der Waals surface area contributed by atoms with E-state index in [-0.39, 0.29) is 23.0 Å². The Labute approximate surface area is 111 Å². The molecule has 0 aliphatic rings. The fourth-order valence-corrected chi connectivity index (χ4v) is 2.09. The lowest BCUT2D eigenvalue weighted by molar-refractivity contribution is 0.436. The van der Waals surface area contributed by atoms with E-state index >= 15 is 0 Å². The number of hydrogen-bond acceptors (Lipinski definition) is 4. The predicted molar refractivity (Wildman–Crippen MR) is 71.6 cm³/mol. The van der Waals surface area contributed by atoms with Gasteiger partial charge in [-0.15, -0.1) is 0 Å². The predicted octanol–water partition coefficient (Wildman–Crippen LogP) is 2.68. The van der Waals surface area contributed by atoms with E-state index in [4.69, 9.17) is 0 Å². The zero-order valence-corrected chi connectivity index (χ0v) is 10.4. The van der Waals surface area contributed by atoms with Gasteiger partial charge < -0.3 is 20.4 Å². The summed E-state index contributed by atoms with van der Waals surface area (Å²) in [6, 6.07) is 9.11. The molecule has 0 bridgehead atoms. The average Bonchev–Trinajstić information content (AvgIpc) is 2.32. The molecule has 0 aliphatic carbocycles. The van der Waals surface area contributed by atoms with Crippen molar-refractivity contribution in [1.29, 1.82) is 0 Å². The number of rotatable bonds is 4. The lowest BCUT2D eigenvalue weighted by Gasteiger charge is -2.07. The molecule has 0 saturated carbocycles. The highest BCUT2D eigenvalue weighted by Gasteiger charge is 2.07. The Hall–Kier alpha value is -2.36. The van der Waals surface area contributed by atoms with Gasteiger partial charge in [0, 0.05) is 11.6 Å². The molecule has 0 heterocycles. The molecule has 0 atom stereocenters.